The molecule has 3 N–H and O–H groups in total. The zero-order valence-corrected chi connectivity index (χ0v) is 13.8. The maximum absolute atomic E-state index is 10.9. The Morgan fingerprint density at radius 3 is 2.50 bits per heavy atom. The van der Waals surface area contributed by atoms with E-state index in [0.717, 1.165) is 44.9 Å². The summed E-state index contributed by atoms with van der Waals surface area (Å²) in [6.45, 7) is 4.60. The average molecular weight is 306 g/mol. The summed E-state index contributed by atoms with van der Waals surface area (Å²) in [5, 5.41) is 31.3. The molecule has 3 heteroatoms. The first-order chi connectivity index (χ1) is 10.4. The molecule has 4 aliphatic rings. The van der Waals surface area contributed by atoms with Crippen LogP contribution in [0.15, 0.2) is 11.6 Å². The fourth-order valence-electron chi connectivity index (χ4n) is 6.60. The van der Waals surface area contributed by atoms with Crippen molar-refractivity contribution in [3.05, 3.63) is 11.6 Å². The highest BCUT2D eigenvalue weighted by Crippen LogP contribution is 2.64. The van der Waals surface area contributed by atoms with Crippen LogP contribution >= 0.6 is 0 Å². The van der Waals surface area contributed by atoms with Gasteiger partial charge in [-0.05, 0) is 73.5 Å². The number of hydrogen-bond donors (Lipinski definition) is 3. The van der Waals surface area contributed by atoms with Gasteiger partial charge in [-0.25, -0.2) is 0 Å². The van der Waals surface area contributed by atoms with Crippen LogP contribution in [0.4, 0.5) is 0 Å². The summed E-state index contributed by atoms with van der Waals surface area (Å²) in [5.41, 5.74) is 1.44. The van der Waals surface area contributed by atoms with Crippen molar-refractivity contribution in [2.75, 3.05) is 0 Å². The molecular weight excluding hydrogens is 276 g/mol. The molecule has 124 valence electrons. The van der Waals surface area contributed by atoms with E-state index in [9.17, 15) is 15.3 Å². The SMILES string of the molecule is C[C@]12CC[C@H](O)CC1=C[C@H](O)C1C2CC[C@@]2(C)C1CC[C@@H]2O. The van der Waals surface area contributed by atoms with Crippen molar-refractivity contribution in [1.82, 2.24) is 0 Å². The number of hydrogen-bond acceptors (Lipinski definition) is 3. The molecule has 0 saturated heterocycles. The molecule has 3 fully saturated rings. The predicted octanol–water partition coefficient (Wildman–Crippen LogP) is 2.64. The summed E-state index contributed by atoms with van der Waals surface area (Å²) in [5.74, 6) is 1.25. The minimum Gasteiger partial charge on any atom is -0.393 e. The third kappa shape index (κ3) is 1.85. The van der Waals surface area contributed by atoms with Gasteiger partial charge in [0.15, 0.2) is 0 Å². The van der Waals surface area contributed by atoms with Crippen LogP contribution in [0.2, 0.25) is 0 Å². The molecule has 0 spiro atoms. The van der Waals surface area contributed by atoms with E-state index in [-0.39, 0.29) is 23.0 Å². The third-order valence-corrected chi connectivity index (χ3v) is 8.05. The third-order valence-electron chi connectivity index (χ3n) is 8.05. The summed E-state index contributed by atoms with van der Waals surface area (Å²) in [7, 11) is 0. The molecule has 0 heterocycles. The molecular formula is C19H30O3. The Bertz CT molecular complexity index is 501. The molecule has 0 aromatic rings. The maximum Gasteiger partial charge on any atom is 0.0757 e. The normalized spacial score (nSPS) is 57.6. The van der Waals surface area contributed by atoms with Crippen LogP contribution in [0.5, 0.6) is 0 Å². The molecule has 4 rings (SSSR count). The lowest BCUT2D eigenvalue weighted by Crippen LogP contribution is -2.55. The first kappa shape index (κ1) is 15.2. The highest BCUT2D eigenvalue weighted by molar-refractivity contribution is 5.27. The van der Waals surface area contributed by atoms with Gasteiger partial charge < -0.3 is 15.3 Å². The number of aliphatic hydroxyl groups is 3. The van der Waals surface area contributed by atoms with Crippen molar-refractivity contribution in [3.8, 4) is 0 Å². The van der Waals surface area contributed by atoms with Crippen LogP contribution in [0, 0.1) is 28.6 Å². The van der Waals surface area contributed by atoms with Gasteiger partial charge in [-0.15, -0.1) is 0 Å². The first-order valence-electron chi connectivity index (χ1n) is 9.11. The lowest BCUT2D eigenvalue weighted by atomic mass is 9.47. The van der Waals surface area contributed by atoms with Crippen molar-refractivity contribution >= 4 is 0 Å². The smallest absolute Gasteiger partial charge is 0.0757 e. The lowest BCUT2D eigenvalue weighted by molar-refractivity contribution is -0.105. The van der Waals surface area contributed by atoms with Crippen LogP contribution < -0.4 is 0 Å². The van der Waals surface area contributed by atoms with Crippen LogP contribution in [0.3, 0.4) is 0 Å². The molecule has 0 aromatic carbocycles. The lowest BCUT2D eigenvalue weighted by Gasteiger charge is -2.58. The highest BCUT2D eigenvalue weighted by atomic mass is 16.3. The van der Waals surface area contributed by atoms with E-state index in [4.69, 9.17) is 0 Å². The van der Waals surface area contributed by atoms with Crippen molar-refractivity contribution in [2.45, 2.75) is 77.1 Å². The Hall–Kier alpha value is -0.380. The second-order valence-corrected chi connectivity index (χ2v) is 8.92. The quantitative estimate of drug-likeness (QED) is 0.603. The van der Waals surface area contributed by atoms with Crippen LogP contribution in [0.25, 0.3) is 0 Å². The van der Waals surface area contributed by atoms with Gasteiger partial charge in [-0.2, -0.15) is 0 Å². The largest absolute Gasteiger partial charge is 0.393 e. The molecule has 4 aliphatic carbocycles. The zero-order chi connectivity index (χ0) is 15.7. The standard InChI is InChI=1S/C19H30O3/c1-18-7-5-12(20)9-11(18)10-15(21)17-13-3-4-16(22)19(13,2)8-6-14(17)18/h10,12-17,20-22H,3-9H2,1-2H3/t12-,13?,14?,15-,16-,17?,18-,19-/m0/s1. The van der Waals surface area contributed by atoms with E-state index in [1.54, 1.807) is 0 Å². The summed E-state index contributed by atoms with van der Waals surface area (Å²) < 4.78 is 0. The second-order valence-electron chi connectivity index (χ2n) is 8.92. The van der Waals surface area contributed by atoms with E-state index in [2.05, 4.69) is 19.9 Å². The van der Waals surface area contributed by atoms with Crippen molar-refractivity contribution in [2.24, 2.45) is 28.6 Å². The van der Waals surface area contributed by atoms with Crippen LogP contribution in [-0.2, 0) is 0 Å². The van der Waals surface area contributed by atoms with E-state index < -0.39 is 6.10 Å². The Labute approximate surface area is 133 Å². The van der Waals surface area contributed by atoms with E-state index in [0.29, 0.717) is 17.8 Å². The van der Waals surface area contributed by atoms with Gasteiger partial charge in [-0.1, -0.05) is 25.5 Å². The summed E-state index contributed by atoms with van der Waals surface area (Å²) in [4.78, 5) is 0. The minimum atomic E-state index is -0.395. The van der Waals surface area contributed by atoms with Crippen molar-refractivity contribution in [3.63, 3.8) is 0 Å². The average Bonchev–Trinajstić information content (AvgIpc) is 2.77. The van der Waals surface area contributed by atoms with Gasteiger partial charge in [0.05, 0.1) is 18.3 Å². The highest BCUT2D eigenvalue weighted by Gasteiger charge is 2.60. The molecule has 0 radical (unpaired) electrons. The van der Waals surface area contributed by atoms with E-state index in [1.807, 2.05) is 0 Å². The Morgan fingerprint density at radius 1 is 0.955 bits per heavy atom. The summed E-state index contributed by atoms with van der Waals surface area (Å²) >= 11 is 0. The van der Waals surface area contributed by atoms with E-state index in [1.165, 1.54) is 5.57 Å². The molecule has 0 amide bonds. The van der Waals surface area contributed by atoms with Gasteiger partial charge in [0.2, 0.25) is 0 Å². The molecule has 3 saturated carbocycles. The number of fused-ring (bicyclic) bond motifs is 5. The zero-order valence-electron chi connectivity index (χ0n) is 13.8. The fraction of sp³-hybridized carbons (Fsp3) is 0.895. The summed E-state index contributed by atoms with van der Waals surface area (Å²) in [6, 6.07) is 0. The molecule has 0 bridgehead atoms. The minimum absolute atomic E-state index is 0.00195. The Balaban J connectivity index is 1.73. The molecule has 22 heavy (non-hydrogen) atoms. The van der Waals surface area contributed by atoms with Crippen LogP contribution in [-0.4, -0.2) is 33.6 Å². The molecule has 8 atom stereocenters. The first-order valence-corrected chi connectivity index (χ1v) is 9.11. The van der Waals surface area contributed by atoms with Crippen molar-refractivity contribution < 1.29 is 15.3 Å². The van der Waals surface area contributed by atoms with Gasteiger partial charge in [-0.3, -0.25) is 0 Å². The monoisotopic (exact) mass is 306 g/mol. The Morgan fingerprint density at radius 2 is 1.73 bits per heavy atom. The summed E-state index contributed by atoms with van der Waals surface area (Å²) in [6.07, 6.45) is 8.05. The maximum atomic E-state index is 10.9. The van der Waals surface area contributed by atoms with Gasteiger partial charge >= 0.3 is 0 Å². The molecule has 0 aliphatic heterocycles. The fourth-order valence-corrected chi connectivity index (χ4v) is 6.60. The van der Waals surface area contributed by atoms with Crippen LogP contribution in [0.1, 0.15) is 58.8 Å². The molecule has 3 unspecified atom stereocenters. The van der Waals surface area contributed by atoms with Gasteiger partial charge in [0, 0.05) is 0 Å². The van der Waals surface area contributed by atoms with Gasteiger partial charge in [0.25, 0.3) is 0 Å². The second kappa shape index (κ2) is 4.81. The molecule has 0 aromatic heterocycles. The van der Waals surface area contributed by atoms with E-state index >= 15 is 0 Å². The number of rotatable bonds is 0. The number of aliphatic hydroxyl groups excluding tert-OH is 3. The molecule has 3 nitrogen and oxygen atoms in total. The Kier molecular flexibility index (Phi) is 3.32. The topological polar surface area (TPSA) is 60.7 Å². The van der Waals surface area contributed by atoms with Crippen molar-refractivity contribution in [1.29, 1.82) is 0 Å². The predicted molar refractivity (Wildman–Crippen MR) is 85.1 cm³/mol. The van der Waals surface area contributed by atoms with Gasteiger partial charge in [0.1, 0.15) is 0 Å².